The summed E-state index contributed by atoms with van der Waals surface area (Å²) in [4.78, 5) is 24.5. The van der Waals surface area contributed by atoms with Crippen LogP contribution in [0.2, 0.25) is 0 Å². The lowest BCUT2D eigenvalue weighted by atomic mass is 10.0. The van der Waals surface area contributed by atoms with Crippen molar-refractivity contribution < 1.29 is 14.3 Å². The van der Waals surface area contributed by atoms with Crippen molar-refractivity contribution in [2.24, 2.45) is 0 Å². The summed E-state index contributed by atoms with van der Waals surface area (Å²) in [6.45, 7) is 3.40. The van der Waals surface area contributed by atoms with E-state index in [1.165, 1.54) is 7.11 Å². The van der Waals surface area contributed by atoms with Crippen molar-refractivity contribution in [1.82, 2.24) is 10.2 Å². The van der Waals surface area contributed by atoms with Gasteiger partial charge in [0.05, 0.1) is 0 Å². The second-order valence-corrected chi connectivity index (χ2v) is 4.01. The average molecular weight is 228 g/mol. The highest BCUT2D eigenvalue weighted by molar-refractivity contribution is 5.78. The summed E-state index contributed by atoms with van der Waals surface area (Å²) >= 11 is 0. The maximum absolute atomic E-state index is 11.5. The number of likely N-dealkylation sites (tertiary alicyclic amines) is 1. The molecule has 0 aromatic heterocycles. The van der Waals surface area contributed by atoms with Gasteiger partial charge in [-0.25, -0.2) is 0 Å². The molecule has 1 saturated heterocycles. The zero-order valence-electron chi connectivity index (χ0n) is 9.99. The van der Waals surface area contributed by atoms with E-state index in [0.29, 0.717) is 19.5 Å². The maximum Gasteiger partial charge on any atom is 0.248 e. The zero-order chi connectivity index (χ0) is 12.0. The Morgan fingerprint density at radius 3 is 2.50 bits per heavy atom. The first kappa shape index (κ1) is 13.0. The molecule has 0 aliphatic carbocycles. The van der Waals surface area contributed by atoms with Gasteiger partial charge in [-0.15, -0.1) is 0 Å². The van der Waals surface area contributed by atoms with Gasteiger partial charge in [-0.3, -0.25) is 9.59 Å². The van der Waals surface area contributed by atoms with Gasteiger partial charge in [-0.2, -0.15) is 0 Å². The number of nitrogens with zero attached hydrogens (tertiary/aromatic N) is 1. The molecule has 0 bridgehead atoms. The number of piperidine rings is 1. The first-order valence-electron chi connectivity index (χ1n) is 5.73. The van der Waals surface area contributed by atoms with E-state index in [-0.39, 0.29) is 24.5 Å². The molecule has 0 spiro atoms. The molecule has 0 unspecified atom stereocenters. The lowest BCUT2D eigenvalue weighted by molar-refractivity contribution is -0.136. The molecule has 0 aromatic carbocycles. The van der Waals surface area contributed by atoms with Crippen LogP contribution >= 0.6 is 0 Å². The molecule has 2 amide bonds. The first-order valence-corrected chi connectivity index (χ1v) is 5.73. The van der Waals surface area contributed by atoms with E-state index >= 15 is 0 Å². The minimum atomic E-state index is 0.0303. The highest BCUT2D eigenvalue weighted by Crippen LogP contribution is 2.10. The third kappa shape index (κ3) is 3.81. The number of carbonyl (C=O) groups is 2. The Kier molecular flexibility index (Phi) is 5.25. The summed E-state index contributed by atoms with van der Waals surface area (Å²) in [7, 11) is 1.52. The van der Waals surface area contributed by atoms with Gasteiger partial charge in [0.2, 0.25) is 11.8 Å². The van der Waals surface area contributed by atoms with Crippen molar-refractivity contribution in [2.45, 2.75) is 32.2 Å². The van der Waals surface area contributed by atoms with Gasteiger partial charge in [0.15, 0.2) is 0 Å². The van der Waals surface area contributed by atoms with E-state index in [4.69, 9.17) is 4.74 Å². The second kappa shape index (κ2) is 6.48. The van der Waals surface area contributed by atoms with Crippen molar-refractivity contribution >= 4 is 11.8 Å². The Bertz CT molecular complexity index is 248. The van der Waals surface area contributed by atoms with Gasteiger partial charge in [0.1, 0.15) is 6.61 Å². The van der Waals surface area contributed by atoms with E-state index in [0.717, 1.165) is 12.8 Å². The minimum absolute atomic E-state index is 0.0303. The quantitative estimate of drug-likeness (QED) is 0.745. The minimum Gasteiger partial charge on any atom is -0.375 e. The number of methoxy groups -OCH3 is 1. The molecule has 1 aliphatic heterocycles. The summed E-state index contributed by atoms with van der Waals surface area (Å²) in [6.07, 6.45) is 2.19. The van der Waals surface area contributed by atoms with Gasteiger partial charge >= 0.3 is 0 Å². The summed E-state index contributed by atoms with van der Waals surface area (Å²) in [6, 6.07) is 0.221. The monoisotopic (exact) mass is 228 g/mol. The fourth-order valence-corrected chi connectivity index (χ4v) is 1.82. The standard InChI is InChI=1S/C11H20N2O3/c1-3-10(14)12-9-4-6-13(7-5-9)11(15)8-16-2/h9H,3-8H2,1-2H3,(H,12,14). The van der Waals surface area contributed by atoms with Crippen molar-refractivity contribution in [3.05, 3.63) is 0 Å². The van der Waals surface area contributed by atoms with Gasteiger partial charge in [0, 0.05) is 32.7 Å². The summed E-state index contributed by atoms with van der Waals surface area (Å²) in [5.74, 6) is 0.115. The van der Waals surface area contributed by atoms with Crippen molar-refractivity contribution in [2.75, 3.05) is 26.8 Å². The van der Waals surface area contributed by atoms with Crippen LogP contribution in [0.3, 0.4) is 0 Å². The third-order valence-electron chi connectivity index (χ3n) is 2.80. The molecule has 1 fully saturated rings. The van der Waals surface area contributed by atoms with Crippen molar-refractivity contribution in [3.8, 4) is 0 Å². The SMILES string of the molecule is CCC(=O)NC1CCN(C(=O)COC)CC1. The number of hydrogen-bond donors (Lipinski definition) is 1. The normalized spacial score (nSPS) is 17.2. The Labute approximate surface area is 96.1 Å². The van der Waals surface area contributed by atoms with E-state index in [1.54, 1.807) is 4.90 Å². The van der Waals surface area contributed by atoms with E-state index in [1.807, 2.05) is 6.92 Å². The molecular formula is C11H20N2O3. The van der Waals surface area contributed by atoms with Crippen LogP contribution in [-0.2, 0) is 14.3 Å². The number of ether oxygens (including phenoxy) is 1. The smallest absolute Gasteiger partial charge is 0.248 e. The molecule has 5 nitrogen and oxygen atoms in total. The highest BCUT2D eigenvalue weighted by Gasteiger charge is 2.22. The Morgan fingerprint density at radius 2 is 2.00 bits per heavy atom. The number of amides is 2. The van der Waals surface area contributed by atoms with Crippen LogP contribution in [0, 0.1) is 0 Å². The molecule has 0 radical (unpaired) electrons. The molecule has 92 valence electrons. The van der Waals surface area contributed by atoms with Crippen LogP contribution in [0.25, 0.3) is 0 Å². The summed E-state index contributed by atoms with van der Waals surface area (Å²) in [5, 5.41) is 2.95. The highest BCUT2D eigenvalue weighted by atomic mass is 16.5. The van der Waals surface area contributed by atoms with Crippen LogP contribution in [0.5, 0.6) is 0 Å². The molecule has 1 rings (SSSR count). The van der Waals surface area contributed by atoms with Crippen molar-refractivity contribution in [3.63, 3.8) is 0 Å². The lowest BCUT2D eigenvalue weighted by Crippen LogP contribution is -2.47. The first-order chi connectivity index (χ1) is 7.67. The van der Waals surface area contributed by atoms with Gasteiger partial charge < -0.3 is 15.0 Å². The molecule has 0 atom stereocenters. The zero-order valence-corrected chi connectivity index (χ0v) is 9.99. The van der Waals surface area contributed by atoms with E-state index in [2.05, 4.69) is 5.32 Å². The average Bonchev–Trinajstić information content (AvgIpc) is 2.30. The lowest BCUT2D eigenvalue weighted by Gasteiger charge is -2.32. The second-order valence-electron chi connectivity index (χ2n) is 4.01. The fourth-order valence-electron chi connectivity index (χ4n) is 1.82. The van der Waals surface area contributed by atoms with Crippen LogP contribution in [0.4, 0.5) is 0 Å². The van der Waals surface area contributed by atoms with Gasteiger partial charge in [-0.05, 0) is 12.8 Å². The molecule has 1 aliphatic rings. The predicted molar refractivity (Wildman–Crippen MR) is 59.9 cm³/mol. The Hall–Kier alpha value is -1.10. The number of rotatable bonds is 4. The molecule has 1 heterocycles. The van der Waals surface area contributed by atoms with Crippen LogP contribution < -0.4 is 5.32 Å². The molecule has 16 heavy (non-hydrogen) atoms. The molecule has 0 saturated carbocycles. The van der Waals surface area contributed by atoms with Crippen molar-refractivity contribution in [1.29, 1.82) is 0 Å². The molecule has 0 aromatic rings. The number of hydrogen-bond acceptors (Lipinski definition) is 3. The Morgan fingerprint density at radius 1 is 1.38 bits per heavy atom. The van der Waals surface area contributed by atoms with E-state index in [9.17, 15) is 9.59 Å². The predicted octanol–water partition coefficient (Wildman–Crippen LogP) is 0.150. The topological polar surface area (TPSA) is 58.6 Å². The largest absolute Gasteiger partial charge is 0.375 e. The molecule has 1 N–H and O–H groups in total. The molecule has 5 heteroatoms. The summed E-state index contributed by atoms with van der Waals surface area (Å²) < 4.78 is 4.80. The van der Waals surface area contributed by atoms with Crippen LogP contribution in [0.15, 0.2) is 0 Å². The fraction of sp³-hybridized carbons (Fsp3) is 0.818. The summed E-state index contributed by atoms with van der Waals surface area (Å²) in [5.41, 5.74) is 0. The third-order valence-corrected chi connectivity index (χ3v) is 2.80. The number of nitrogens with one attached hydrogen (secondary N) is 1. The van der Waals surface area contributed by atoms with E-state index < -0.39 is 0 Å². The Balaban J connectivity index is 2.28. The number of carbonyl (C=O) groups excluding carboxylic acids is 2. The molecular weight excluding hydrogens is 208 g/mol. The van der Waals surface area contributed by atoms with Gasteiger partial charge in [-0.1, -0.05) is 6.92 Å². The van der Waals surface area contributed by atoms with Gasteiger partial charge in [0.25, 0.3) is 0 Å². The maximum atomic E-state index is 11.5. The van der Waals surface area contributed by atoms with Crippen LogP contribution in [0.1, 0.15) is 26.2 Å². The van der Waals surface area contributed by atoms with Crippen LogP contribution in [-0.4, -0.2) is 49.6 Å².